The Balaban J connectivity index is 2.95. The van der Waals surface area contributed by atoms with Crippen molar-refractivity contribution in [3.8, 4) is 0 Å². The van der Waals surface area contributed by atoms with Crippen molar-refractivity contribution in [1.29, 1.82) is 0 Å². The SMILES string of the molecule is CNC(=O)C(C)n1cnc(C)c1C. The van der Waals surface area contributed by atoms with Gasteiger partial charge in [0.15, 0.2) is 0 Å². The molecule has 1 N–H and O–H groups in total. The summed E-state index contributed by atoms with van der Waals surface area (Å²) in [5.74, 6) is 0.000463. The van der Waals surface area contributed by atoms with Gasteiger partial charge in [-0.2, -0.15) is 0 Å². The lowest BCUT2D eigenvalue weighted by Crippen LogP contribution is -2.27. The molecule has 13 heavy (non-hydrogen) atoms. The first-order valence-corrected chi connectivity index (χ1v) is 4.29. The van der Waals surface area contributed by atoms with Crippen molar-refractivity contribution < 1.29 is 4.79 Å². The fourth-order valence-electron chi connectivity index (χ4n) is 1.24. The number of nitrogens with zero attached hydrogens (tertiary/aromatic N) is 2. The van der Waals surface area contributed by atoms with Crippen LogP contribution in [0.15, 0.2) is 6.33 Å². The maximum atomic E-state index is 11.3. The Labute approximate surface area is 78.0 Å². The number of aromatic nitrogens is 2. The molecule has 0 spiro atoms. The molecule has 4 nitrogen and oxygen atoms in total. The van der Waals surface area contributed by atoms with E-state index >= 15 is 0 Å². The van der Waals surface area contributed by atoms with Crippen molar-refractivity contribution >= 4 is 5.91 Å². The molecule has 72 valence electrons. The second-order valence-corrected chi connectivity index (χ2v) is 3.11. The van der Waals surface area contributed by atoms with Crippen molar-refractivity contribution in [2.75, 3.05) is 7.05 Å². The van der Waals surface area contributed by atoms with E-state index in [4.69, 9.17) is 0 Å². The average molecular weight is 181 g/mol. The van der Waals surface area contributed by atoms with Crippen LogP contribution in [0.2, 0.25) is 0 Å². The van der Waals surface area contributed by atoms with E-state index in [2.05, 4.69) is 10.3 Å². The van der Waals surface area contributed by atoms with Crippen LogP contribution < -0.4 is 5.32 Å². The highest BCUT2D eigenvalue weighted by molar-refractivity contribution is 5.79. The highest BCUT2D eigenvalue weighted by Gasteiger charge is 2.15. The third-order valence-electron chi connectivity index (χ3n) is 2.33. The quantitative estimate of drug-likeness (QED) is 0.733. The van der Waals surface area contributed by atoms with Gasteiger partial charge >= 0.3 is 0 Å². The summed E-state index contributed by atoms with van der Waals surface area (Å²) in [4.78, 5) is 15.5. The van der Waals surface area contributed by atoms with Gasteiger partial charge in [-0.15, -0.1) is 0 Å². The summed E-state index contributed by atoms with van der Waals surface area (Å²) in [7, 11) is 1.64. The van der Waals surface area contributed by atoms with Crippen LogP contribution in [0, 0.1) is 13.8 Å². The monoisotopic (exact) mass is 181 g/mol. The van der Waals surface area contributed by atoms with Crippen LogP contribution in [-0.4, -0.2) is 22.5 Å². The van der Waals surface area contributed by atoms with E-state index in [1.54, 1.807) is 13.4 Å². The lowest BCUT2D eigenvalue weighted by molar-refractivity contribution is -0.123. The minimum atomic E-state index is -0.189. The van der Waals surface area contributed by atoms with Gasteiger partial charge in [-0.25, -0.2) is 4.98 Å². The zero-order valence-corrected chi connectivity index (χ0v) is 8.46. The van der Waals surface area contributed by atoms with Gasteiger partial charge in [-0.1, -0.05) is 0 Å². The van der Waals surface area contributed by atoms with Crippen LogP contribution >= 0.6 is 0 Å². The summed E-state index contributed by atoms with van der Waals surface area (Å²) >= 11 is 0. The second-order valence-electron chi connectivity index (χ2n) is 3.11. The molecule has 0 aliphatic carbocycles. The maximum Gasteiger partial charge on any atom is 0.242 e. The summed E-state index contributed by atoms with van der Waals surface area (Å²) in [6.45, 7) is 5.75. The molecule has 0 saturated carbocycles. The van der Waals surface area contributed by atoms with Gasteiger partial charge in [0, 0.05) is 12.7 Å². The number of aryl methyl sites for hydroxylation is 1. The minimum Gasteiger partial charge on any atom is -0.357 e. The summed E-state index contributed by atoms with van der Waals surface area (Å²) in [5, 5.41) is 2.61. The Morgan fingerprint density at radius 2 is 2.23 bits per heavy atom. The van der Waals surface area contributed by atoms with Gasteiger partial charge in [0.05, 0.1) is 12.0 Å². The highest BCUT2D eigenvalue weighted by Crippen LogP contribution is 2.12. The van der Waals surface area contributed by atoms with Crippen LogP contribution in [0.1, 0.15) is 24.4 Å². The Morgan fingerprint density at radius 3 is 2.62 bits per heavy atom. The predicted octanol–water partition coefficient (Wildman–Crippen LogP) is 0.807. The summed E-state index contributed by atoms with van der Waals surface area (Å²) in [5.41, 5.74) is 2.01. The molecule has 1 aromatic heterocycles. The van der Waals surface area contributed by atoms with Gasteiger partial charge in [0.1, 0.15) is 6.04 Å². The van der Waals surface area contributed by atoms with E-state index in [1.807, 2.05) is 25.3 Å². The fourth-order valence-corrected chi connectivity index (χ4v) is 1.24. The zero-order chi connectivity index (χ0) is 10.0. The van der Waals surface area contributed by atoms with Gasteiger partial charge < -0.3 is 9.88 Å². The molecule has 0 fully saturated rings. The van der Waals surface area contributed by atoms with Crippen LogP contribution in [0.5, 0.6) is 0 Å². The average Bonchev–Trinajstić information content (AvgIpc) is 2.45. The van der Waals surface area contributed by atoms with Crippen LogP contribution in [-0.2, 0) is 4.79 Å². The molecule has 0 aliphatic heterocycles. The van der Waals surface area contributed by atoms with Gasteiger partial charge in [-0.05, 0) is 20.8 Å². The number of nitrogens with one attached hydrogen (secondary N) is 1. The van der Waals surface area contributed by atoms with E-state index in [-0.39, 0.29) is 11.9 Å². The van der Waals surface area contributed by atoms with Gasteiger partial charge in [0.25, 0.3) is 0 Å². The van der Waals surface area contributed by atoms with Crippen molar-refractivity contribution in [2.24, 2.45) is 0 Å². The van der Waals surface area contributed by atoms with E-state index < -0.39 is 0 Å². The number of imidazole rings is 1. The molecule has 0 aliphatic rings. The first kappa shape index (κ1) is 9.77. The van der Waals surface area contributed by atoms with Crippen LogP contribution in [0.4, 0.5) is 0 Å². The minimum absolute atomic E-state index is 0.000463. The number of hydrogen-bond acceptors (Lipinski definition) is 2. The predicted molar refractivity (Wildman–Crippen MR) is 50.5 cm³/mol. The number of rotatable bonds is 2. The summed E-state index contributed by atoms with van der Waals surface area (Å²) in [6, 6.07) is -0.189. The molecule has 1 unspecified atom stereocenters. The molecule has 1 rings (SSSR count). The first-order chi connectivity index (χ1) is 6.07. The molecule has 4 heteroatoms. The van der Waals surface area contributed by atoms with Gasteiger partial charge in [-0.3, -0.25) is 4.79 Å². The van der Waals surface area contributed by atoms with Gasteiger partial charge in [0.2, 0.25) is 5.91 Å². The van der Waals surface area contributed by atoms with E-state index in [0.29, 0.717) is 0 Å². The van der Waals surface area contributed by atoms with Crippen LogP contribution in [0.3, 0.4) is 0 Å². The van der Waals surface area contributed by atoms with E-state index in [1.165, 1.54) is 0 Å². The molecule has 0 bridgehead atoms. The summed E-state index contributed by atoms with van der Waals surface area (Å²) in [6.07, 6.45) is 1.70. The number of carbonyl (C=O) groups excluding carboxylic acids is 1. The molecule has 1 heterocycles. The second kappa shape index (κ2) is 3.60. The Bertz CT molecular complexity index is 317. The third kappa shape index (κ3) is 1.71. The zero-order valence-electron chi connectivity index (χ0n) is 8.46. The van der Waals surface area contributed by atoms with Crippen molar-refractivity contribution in [2.45, 2.75) is 26.8 Å². The number of amides is 1. The van der Waals surface area contributed by atoms with Crippen LogP contribution in [0.25, 0.3) is 0 Å². The Hall–Kier alpha value is -1.32. The normalized spacial score (nSPS) is 12.6. The lowest BCUT2D eigenvalue weighted by Gasteiger charge is -2.13. The molecule has 1 atom stereocenters. The molecule has 1 aromatic rings. The Kier molecular flexibility index (Phi) is 2.70. The molecular weight excluding hydrogens is 166 g/mol. The van der Waals surface area contributed by atoms with Crippen molar-refractivity contribution in [1.82, 2.24) is 14.9 Å². The molecule has 0 saturated heterocycles. The van der Waals surface area contributed by atoms with E-state index in [0.717, 1.165) is 11.4 Å². The third-order valence-corrected chi connectivity index (χ3v) is 2.33. The van der Waals surface area contributed by atoms with Crippen molar-refractivity contribution in [3.63, 3.8) is 0 Å². The Morgan fingerprint density at radius 1 is 1.62 bits per heavy atom. The number of carbonyl (C=O) groups is 1. The molecular formula is C9H15N3O. The summed E-state index contributed by atoms with van der Waals surface area (Å²) < 4.78 is 1.87. The number of hydrogen-bond donors (Lipinski definition) is 1. The fraction of sp³-hybridized carbons (Fsp3) is 0.556. The standard InChI is InChI=1S/C9H15N3O/c1-6-7(2)12(5-11-6)8(3)9(13)10-4/h5,8H,1-4H3,(H,10,13). The molecule has 1 amide bonds. The smallest absolute Gasteiger partial charge is 0.242 e. The largest absolute Gasteiger partial charge is 0.357 e. The van der Waals surface area contributed by atoms with Crippen molar-refractivity contribution in [3.05, 3.63) is 17.7 Å². The first-order valence-electron chi connectivity index (χ1n) is 4.29. The molecule has 0 radical (unpaired) electrons. The highest BCUT2D eigenvalue weighted by atomic mass is 16.2. The van der Waals surface area contributed by atoms with E-state index in [9.17, 15) is 4.79 Å². The molecule has 0 aromatic carbocycles. The maximum absolute atomic E-state index is 11.3. The lowest BCUT2D eigenvalue weighted by atomic mass is 10.3. The topological polar surface area (TPSA) is 46.9 Å². The number of likely N-dealkylation sites (N-methyl/N-ethyl adjacent to an activating group) is 1.